The molecule has 2 aliphatic carbocycles. The fourth-order valence-corrected chi connectivity index (χ4v) is 4.44. The molecular weight excluding hydrogens is 444 g/mol. The summed E-state index contributed by atoms with van der Waals surface area (Å²) in [6.07, 6.45) is 5.43. The lowest BCUT2D eigenvalue weighted by Gasteiger charge is -2.36. The molecule has 0 unspecified atom stereocenters. The van der Waals surface area contributed by atoms with Crippen LogP contribution in [-0.2, 0) is 11.3 Å². The van der Waals surface area contributed by atoms with Crippen molar-refractivity contribution < 1.29 is 14.5 Å². The van der Waals surface area contributed by atoms with Crippen LogP contribution in [-0.4, -0.2) is 33.7 Å². The first-order chi connectivity index (χ1) is 15.8. The first-order valence-corrected chi connectivity index (χ1v) is 11.6. The summed E-state index contributed by atoms with van der Waals surface area (Å²) in [5.41, 5.74) is 7.60. The quantitative estimate of drug-likeness (QED) is 0.456. The number of nitro benzene ring substituents is 1. The first-order valence-electron chi connectivity index (χ1n) is 11.2. The summed E-state index contributed by atoms with van der Waals surface area (Å²) < 4.78 is 0. The molecule has 2 aliphatic rings. The van der Waals surface area contributed by atoms with E-state index in [0.717, 1.165) is 44.1 Å². The fourth-order valence-electron chi connectivity index (χ4n) is 4.26. The van der Waals surface area contributed by atoms with Crippen molar-refractivity contribution in [2.24, 2.45) is 11.7 Å². The fraction of sp³-hybridized carbons (Fsp3) is 0.417. The first kappa shape index (κ1) is 23.2. The van der Waals surface area contributed by atoms with Gasteiger partial charge in [-0.15, -0.1) is 0 Å². The Labute approximate surface area is 197 Å². The van der Waals surface area contributed by atoms with Crippen LogP contribution in [0.1, 0.15) is 54.4 Å². The molecule has 0 atom stereocenters. The van der Waals surface area contributed by atoms with Crippen LogP contribution in [0.3, 0.4) is 0 Å². The van der Waals surface area contributed by atoms with Gasteiger partial charge in [0.15, 0.2) is 0 Å². The van der Waals surface area contributed by atoms with Gasteiger partial charge in [0.1, 0.15) is 0 Å². The minimum atomic E-state index is -0.512. The van der Waals surface area contributed by atoms with E-state index in [4.69, 9.17) is 17.3 Å². The summed E-state index contributed by atoms with van der Waals surface area (Å²) in [7, 11) is 0. The molecule has 0 radical (unpaired) electrons. The number of nitrogens with two attached hydrogens (primary N) is 1. The topological polar surface area (TPSA) is 119 Å². The van der Waals surface area contributed by atoms with Gasteiger partial charge in [0.25, 0.3) is 11.6 Å². The molecule has 33 heavy (non-hydrogen) atoms. The predicted molar refractivity (Wildman–Crippen MR) is 126 cm³/mol. The normalized spacial score (nSPS) is 20.2. The molecule has 2 aromatic carbocycles. The Morgan fingerprint density at radius 2 is 1.73 bits per heavy atom. The average Bonchev–Trinajstić information content (AvgIpc) is 3.65. The number of rotatable bonds is 7. The second-order valence-corrected chi connectivity index (χ2v) is 9.28. The Balaban J connectivity index is 1.49. The molecule has 2 saturated carbocycles. The zero-order chi connectivity index (χ0) is 23.5. The molecule has 2 aromatic rings. The van der Waals surface area contributed by atoms with E-state index in [-0.39, 0.29) is 35.5 Å². The number of anilines is 1. The molecule has 0 aliphatic heterocycles. The van der Waals surface area contributed by atoms with Crippen molar-refractivity contribution >= 4 is 34.8 Å². The Kier molecular flexibility index (Phi) is 6.95. The van der Waals surface area contributed by atoms with Gasteiger partial charge in [-0.25, -0.2) is 0 Å². The van der Waals surface area contributed by atoms with Crippen LogP contribution in [0.4, 0.5) is 11.4 Å². The van der Waals surface area contributed by atoms with Crippen molar-refractivity contribution in [3.63, 3.8) is 0 Å². The molecule has 2 fully saturated rings. The molecule has 2 amide bonds. The summed E-state index contributed by atoms with van der Waals surface area (Å²) in [4.78, 5) is 37.9. The maximum absolute atomic E-state index is 13.1. The van der Waals surface area contributed by atoms with E-state index in [1.165, 1.54) is 24.3 Å². The van der Waals surface area contributed by atoms with Crippen LogP contribution in [0.2, 0.25) is 5.02 Å². The molecule has 0 aromatic heterocycles. The summed E-state index contributed by atoms with van der Waals surface area (Å²) >= 11 is 6.47. The van der Waals surface area contributed by atoms with Crippen molar-refractivity contribution in [1.82, 2.24) is 4.90 Å². The molecule has 174 valence electrons. The SMILES string of the molecule is NC1CCC(N(Cc2cc(NC(=O)c3ccc([N+](=O)[O-])cc3)ccc2Cl)C(=O)C2CC2)CC1. The van der Waals surface area contributed by atoms with E-state index in [1.807, 2.05) is 4.90 Å². The Hall–Kier alpha value is -2.97. The lowest BCUT2D eigenvalue weighted by molar-refractivity contribution is -0.384. The number of benzene rings is 2. The highest BCUT2D eigenvalue weighted by atomic mass is 35.5. The summed E-state index contributed by atoms with van der Waals surface area (Å²) in [6.45, 7) is 0.384. The van der Waals surface area contributed by atoms with Gasteiger partial charge in [0.2, 0.25) is 5.91 Å². The summed E-state index contributed by atoms with van der Waals surface area (Å²) in [6, 6.07) is 10.9. The van der Waals surface area contributed by atoms with Gasteiger partial charge in [-0.1, -0.05) is 11.6 Å². The molecule has 0 saturated heterocycles. The molecule has 9 heteroatoms. The molecule has 8 nitrogen and oxygen atoms in total. The monoisotopic (exact) mass is 470 g/mol. The summed E-state index contributed by atoms with van der Waals surface area (Å²) in [5, 5.41) is 14.2. The standard InChI is InChI=1S/C24H27ClN4O4/c25-22-12-7-19(27-23(30)15-3-8-21(9-4-15)29(32)33)13-17(22)14-28(24(31)16-1-2-16)20-10-5-18(26)6-11-20/h3-4,7-9,12-13,16,18,20H,1-2,5-6,10-11,14,26H2,(H,27,30). The number of carbonyl (C=O) groups is 2. The molecule has 3 N–H and O–H groups in total. The van der Waals surface area contributed by atoms with Crippen LogP contribution in [0.5, 0.6) is 0 Å². The highest BCUT2D eigenvalue weighted by molar-refractivity contribution is 6.31. The van der Waals surface area contributed by atoms with Crippen molar-refractivity contribution in [1.29, 1.82) is 0 Å². The molecule has 0 heterocycles. The van der Waals surface area contributed by atoms with Gasteiger partial charge < -0.3 is 16.0 Å². The second kappa shape index (κ2) is 9.89. The Bertz CT molecular complexity index is 1050. The van der Waals surface area contributed by atoms with Gasteiger partial charge in [-0.3, -0.25) is 19.7 Å². The smallest absolute Gasteiger partial charge is 0.269 e. The lowest BCUT2D eigenvalue weighted by atomic mass is 9.90. The lowest BCUT2D eigenvalue weighted by Crippen LogP contribution is -2.44. The number of nitrogens with zero attached hydrogens (tertiary/aromatic N) is 2. The molecule has 0 bridgehead atoms. The second-order valence-electron chi connectivity index (χ2n) is 8.87. The molecule has 0 spiro atoms. The van der Waals surface area contributed by atoms with E-state index >= 15 is 0 Å². The number of amides is 2. The van der Waals surface area contributed by atoms with Gasteiger partial charge in [0, 0.05) is 53.0 Å². The Morgan fingerprint density at radius 3 is 2.33 bits per heavy atom. The zero-order valence-corrected chi connectivity index (χ0v) is 19.0. The Morgan fingerprint density at radius 1 is 1.06 bits per heavy atom. The number of halogens is 1. The van der Waals surface area contributed by atoms with E-state index in [0.29, 0.717) is 22.8 Å². The van der Waals surface area contributed by atoms with Crippen LogP contribution in [0.15, 0.2) is 42.5 Å². The van der Waals surface area contributed by atoms with E-state index < -0.39 is 4.92 Å². The third-order valence-corrected chi connectivity index (χ3v) is 6.75. The number of nitro groups is 1. The zero-order valence-electron chi connectivity index (χ0n) is 18.2. The number of hydrogen-bond donors (Lipinski definition) is 2. The van der Waals surface area contributed by atoms with Gasteiger partial charge in [0.05, 0.1) is 4.92 Å². The van der Waals surface area contributed by atoms with Gasteiger partial charge in [-0.05, 0) is 74.4 Å². The van der Waals surface area contributed by atoms with E-state index in [9.17, 15) is 19.7 Å². The third kappa shape index (κ3) is 5.69. The van der Waals surface area contributed by atoms with Crippen LogP contribution in [0, 0.1) is 16.0 Å². The van der Waals surface area contributed by atoms with Crippen molar-refractivity contribution in [3.8, 4) is 0 Å². The van der Waals surface area contributed by atoms with Gasteiger partial charge in [-0.2, -0.15) is 0 Å². The number of hydrogen-bond acceptors (Lipinski definition) is 5. The van der Waals surface area contributed by atoms with Gasteiger partial charge >= 0.3 is 0 Å². The minimum absolute atomic E-state index is 0.0792. The van der Waals surface area contributed by atoms with Crippen LogP contribution >= 0.6 is 11.6 Å². The van der Waals surface area contributed by atoms with Crippen LogP contribution in [0.25, 0.3) is 0 Å². The highest BCUT2D eigenvalue weighted by Crippen LogP contribution is 2.35. The minimum Gasteiger partial charge on any atom is -0.335 e. The van der Waals surface area contributed by atoms with Crippen molar-refractivity contribution in [2.75, 3.05) is 5.32 Å². The average molecular weight is 471 g/mol. The third-order valence-electron chi connectivity index (χ3n) is 6.38. The molecule has 4 rings (SSSR count). The summed E-state index contributed by atoms with van der Waals surface area (Å²) in [5.74, 6) is -0.110. The predicted octanol–water partition coefficient (Wildman–Crippen LogP) is 4.51. The van der Waals surface area contributed by atoms with Crippen molar-refractivity contribution in [3.05, 3.63) is 68.7 Å². The molecular formula is C24H27ClN4O4. The van der Waals surface area contributed by atoms with E-state index in [2.05, 4.69) is 5.32 Å². The number of carbonyl (C=O) groups excluding carboxylic acids is 2. The number of nitrogens with one attached hydrogen (secondary N) is 1. The maximum Gasteiger partial charge on any atom is 0.269 e. The van der Waals surface area contributed by atoms with E-state index in [1.54, 1.807) is 18.2 Å². The number of non-ortho nitro benzene ring substituents is 1. The highest BCUT2D eigenvalue weighted by Gasteiger charge is 2.37. The largest absolute Gasteiger partial charge is 0.335 e. The maximum atomic E-state index is 13.1. The van der Waals surface area contributed by atoms with Crippen LogP contribution < -0.4 is 11.1 Å². The van der Waals surface area contributed by atoms with Crippen molar-refractivity contribution in [2.45, 2.75) is 57.2 Å².